The first-order chi connectivity index (χ1) is 5.04. The Morgan fingerprint density at radius 3 is 2.55 bits per heavy atom. The van der Waals surface area contributed by atoms with Gasteiger partial charge in [0.25, 0.3) is 12.3 Å². The summed E-state index contributed by atoms with van der Waals surface area (Å²) in [5.74, 6) is -0.349. The lowest BCUT2D eigenvalue weighted by Crippen LogP contribution is -2.70. The van der Waals surface area contributed by atoms with Gasteiger partial charge >= 0.3 is 0 Å². The monoisotopic (exact) mass is 165 g/mol. The molecule has 0 heterocycles. The van der Waals surface area contributed by atoms with E-state index in [9.17, 15) is 13.6 Å². The van der Waals surface area contributed by atoms with Crippen molar-refractivity contribution >= 4 is 5.91 Å². The predicted molar refractivity (Wildman–Crippen MR) is 33.9 cm³/mol. The molecular formula is C6H11F2N2O+. The van der Waals surface area contributed by atoms with E-state index in [2.05, 4.69) is 11.1 Å². The smallest absolute Gasteiger partial charge is 0.281 e. The van der Waals surface area contributed by atoms with Crippen molar-refractivity contribution in [3.05, 3.63) is 0 Å². The number of amides is 1. The van der Waals surface area contributed by atoms with Gasteiger partial charge in [-0.3, -0.25) is 4.79 Å². The van der Waals surface area contributed by atoms with Crippen molar-refractivity contribution in [1.29, 1.82) is 0 Å². The van der Waals surface area contributed by atoms with Crippen LogP contribution in [0.3, 0.4) is 0 Å². The third-order valence-electron chi connectivity index (χ3n) is 1.75. The van der Waals surface area contributed by atoms with Crippen LogP contribution in [0.25, 0.3) is 0 Å². The molecule has 0 bridgehead atoms. The van der Waals surface area contributed by atoms with Gasteiger partial charge in [-0.2, -0.15) is 0 Å². The normalized spacial score (nSPS) is 20.0. The fourth-order valence-electron chi connectivity index (χ4n) is 0.735. The number of hydrogen-bond acceptors (Lipinski definition) is 1. The van der Waals surface area contributed by atoms with Crippen molar-refractivity contribution < 1.29 is 19.3 Å². The second-order valence-corrected chi connectivity index (χ2v) is 2.88. The fraction of sp³-hybridized carbons (Fsp3) is 0.833. The molecule has 0 spiro atoms. The molecule has 0 radical (unpaired) electrons. The zero-order valence-electron chi connectivity index (χ0n) is 6.07. The Balaban J connectivity index is 2.22. The van der Waals surface area contributed by atoms with Crippen molar-refractivity contribution in [2.75, 3.05) is 6.54 Å². The fourth-order valence-corrected chi connectivity index (χ4v) is 0.735. The summed E-state index contributed by atoms with van der Waals surface area (Å²) in [5, 5.41) is 2.13. The van der Waals surface area contributed by atoms with E-state index >= 15 is 0 Å². The number of nitrogens with one attached hydrogen (secondary N) is 1. The Hall–Kier alpha value is -0.710. The molecule has 0 atom stereocenters. The second-order valence-electron chi connectivity index (χ2n) is 2.88. The first-order valence-electron chi connectivity index (χ1n) is 3.46. The number of quaternary nitrogens is 1. The van der Waals surface area contributed by atoms with Crippen LogP contribution in [0.2, 0.25) is 0 Å². The van der Waals surface area contributed by atoms with E-state index in [-0.39, 0.29) is 5.91 Å². The summed E-state index contributed by atoms with van der Waals surface area (Å²) >= 11 is 0. The summed E-state index contributed by atoms with van der Waals surface area (Å²) in [6.07, 6.45) is -1.05. The molecule has 3 nitrogen and oxygen atoms in total. The van der Waals surface area contributed by atoms with E-state index in [1.165, 1.54) is 0 Å². The molecule has 1 fully saturated rings. The molecule has 0 aliphatic heterocycles. The SMILES string of the molecule is [NH3+]C1(C(=O)NCC(F)F)CC1. The molecule has 1 rings (SSSR count). The molecule has 1 aliphatic carbocycles. The van der Waals surface area contributed by atoms with E-state index in [0.29, 0.717) is 12.8 Å². The summed E-state index contributed by atoms with van der Waals surface area (Å²) in [4.78, 5) is 10.9. The quantitative estimate of drug-likeness (QED) is 0.562. The Bertz CT molecular complexity index is 168. The maximum Gasteiger partial charge on any atom is 0.281 e. The second kappa shape index (κ2) is 2.73. The van der Waals surface area contributed by atoms with E-state index in [4.69, 9.17) is 0 Å². The number of carbonyl (C=O) groups is 1. The van der Waals surface area contributed by atoms with E-state index in [0.717, 1.165) is 0 Å². The maximum atomic E-state index is 11.6. The molecule has 1 aliphatic rings. The Kier molecular flexibility index (Phi) is 2.08. The Labute approximate surface area is 62.9 Å². The summed E-state index contributed by atoms with van der Waals surface area (Å²) in [5.41, 5.74) is 3.01. The lowest BCUT2D eigenvalue weighted by molar-refractivity contribution is -0.420. The molecule has 0 unspecified atom stereocenters. The van der Waals surface area contributed by atoms with Crippen molar-refractivity contribution in [2.24, 2.45) is 0 Å². The van der Waals surface area contributed by atoms with Gasteiger partial charge < -0.3 is 11.1 Å². The summed E-state index contributed by atoms with van der Waals surface area (Å²) in [7, 11) is 0. The highest BCUT2D eigenvalue weighted by Gasteiger charge is 2.50. The highest BCUT2D eigenvalue weighted by Crippen LogP contribution is 2.29. The third kappa shape index (κ3) is 2.11. The minimum atomic E-state index is -2.47. The van der Waals surface area contributed by atoms with Gasteiger partial charge in [0.05, 0.1) is 6.54 Å². The standard InChI is InChI=1S/C6H10F2N2O/c7-4(8)3-10-5(11)6(9)1-2-6/h4H,1-3,9H2,(H,10,11)/p+1. The molecule has 11 heavy (non-hydrogen) atoms. The van der Waals surface area contributed by atoms with Crippen LogP contribution < -0.4 is 11.1 Å². The average molecular weight is 165 g/mol. The largest absolute Gasteiger partial charge is 0.345 e. The van der Waals surface area contributed by atoms with Crippen molar-refractivity contribution in [3.8, 4) is 0 Å². The zero-order chi connectivity index (χ0) is 8.48. The molecule has 0 aromatic heterocycles. The third-order valence-corrected chi connectivity index (χ3v) is 1.75. The first kappa shape index (κ1) is 8.39. The van der Waals surface area contributed by atoms with Gasteiger partial charge in [-0.05, 0) is 0 Å². The highest BCUT2D eigenvalue weighted by atomic mass is 19.3. The zero-order valence-corrected chi connectivity index (χ0v) is 6.07. The van der Waals surface area contributed by atoms with Crippen LogP contribution in [0.15, 0.2) is 0 Å². The molecule has 0 aromatic rings. The van der Waals surface area contributed by atoms with Crippen molar-refractivity contribution in [2.45, 2.75) is 24.8 Å². The van der Waals surface area contributed by atoms with Crippen LogP contribution in [0.5, 0.6) is 0 Å². The number of hydrogen-bond donors (Lipinski definition) is 2. The van der Waals surface area contributed by atoms with Crippen LogP contribution in [-0.4, -0.2) is 24.4 Å². The molecule has 0 saturated heterocycles. The minimum Gasteiger partial charge on any atom is -0.345 e. The Morgan fingerprint density at radius 2 is 2.18 bits per heavy atom. The first-order valence-corrected chi connectivity index (χ1v) is 3.46. The van der Waals surface area contributed by atoms with E-state index in [1.807, 2.05) is 0 Å². The molecular weight excluding hydrogens is 154 g/mol. The number of carbonyl (C=O) groups excluding carboxylic acids is 1. The van der Waals surface area contributed by atoms with Crippen LogP contribution in [0, 0.1) is 0 Å². The summed E-state index contributed by atoms with van der Waals surface area (Å²) in [6.45, 7) is -0.559. The minimum absolute atomic E-state index is 0.349. The molecule has 0 aromatic carbocycles. The molecule has 4 N–H and O–H groups in total. The molecule has 5 heteroatoms. The van der Waals surface area contributed by atoms with Gasteiger partial charge in [-0.25, -0.2) is 8.78 Å². The lowest BCUT2D eigenvalue weighted by atomic mass is 10.3. The van der Waals surface area contributed by atoms with Gasteiger partial charge in [-0.1, -0.05) is 0 Å². The van der Waals surface area contributed by atoms with Crippen LogP contribution in [-0.2, 0) is 4.79 Å². The number of rotatable bonds is 3. The summed E-state index contributed by atoms with van der Waals surface area (Å²) < 4.78 is 23.1. The summed E-state index contributed by atoms with van der Waals surface area (Å²) in [6, 6.07) is 0. The average Bonchev–Trinajstić information content (AvgIpc) is 2.64. The Morgan fingerprint density at radius 1 is 1.64 bits per heavy atom. The van der Waals surface area contributed by atoms with Crippen LogP contribution >= 0.6 is 0 Å². The number of halogens is 2. The molecule has 1 saturated carbocycles. The van der Waals surface area contributed by atoms with Gasteiger partial charge in [0.1, 0.15) is 0 Å². The predicted octanol–water partition coefficient (Wildman–Crippen LogP) is -0.858. The van der Waals surface area contributed by atoms with Crippen molar-refractivity contribution in [1.82, 2.24) is 5.32 Å². The topological polar surface area (TPSA) is 56.7 Å². The van der Waals surface area contributed by atoms with Gasteiger partial charge in [-0.15, -0.1) is 0 Å². The molecule has 64 valence electrons. The van der Waals surface area contributed by atoms with Gasteiger partial charge in [0.15, 0.2) is 5.54 Å². The lowest BCUT2D eigenvalue weighted by Gasteiger charge is -2.05. The van der Waals surface area contributed by atoms with E-state index in [1.54, 1.807) is 0 Å². The maximum absolute atomic E-state index is 11.6. The van der Waals surface area contributed by atoms with E-state index < -0.39 is 18.5 Å². The van der Waals surface area contributed by atoms with Gasteiger partial charge in [0, 0.05) is 12.8 Å². The van der Waals surface area contributed by atoms with Crippen LogP contribution in [0.1, 0.15) is 12.8 Å². The van der Waals surface area contributed by atoms with Crippen LogP contribution in [0.4, 0.5) is 8.78 Å². The highest BCUT2D eigenvalue weighted by molar-refractivity contribution is 5.87. The van der Waals surface area contributed by atoms with Crippen molar-refractivity contribution in [3.63, 3.8) is 0 Å². The molecule has 1 amide bonds. The number of alkyl halides is 2. The van der Waals surface area contributed by atoms with Gasteiger partial charge in [0.2, 0.25) is 0 Å².